The molecule has 0 spiro atoms. The molecule has 0 aromatic carbocycles. The van der Waals surface area contributed by atoms with Gasteiger partial charge in [-0.2, -0.15) is 0 Å². The van der Waals surface area contributed by atoms with E-state index in [0.717, 1.165) is 96.3 Å². The molecule has 0 aliphatic rings. The van der Waals surface area contributed by atoms with Gasteiger partial charge in [0.05, 0.1) is 19.8 Å². The summed E-state index contributed by atoms with van der Waals surface area (Å²) in [6.45, 7) is 4.21. The molecule has 0 bridgehead atoms. The van der Waals surface area contributed by atoms with Crippen molar-refractivity contribution >= 4 is 25.7 Å². The number of hydrogen-bond donors (Lipinski definition) is 2. The van der Waals surface area contributed by atoms with Gasteiger partial charge in [-0.05, 0) is 109 Å². The van der Waals surface area contributed by atoms with Crippen molar-refractivity contribution in [2.24, 2.45) is 0 Å². The highest BCUT2D eigenvalue weighted by Crippen LogP contribution is 2.43. The van der Waals surface area contributed by atoms with E-state index in [2.05, 4.69) is 130 Å². The number of phosphoric acid groups is 1. The van der Waals surface area contributed by atoms with Crippen LogP contribution in [-0.2, 0) is 42.2 Å². The highest BCUT2D eigenvalue weighted by atomic mass is 31.2. The number of hydrogen-bond acceptors (Lipinski definition) is 10. The van der Waals surface area contributed by atoms with E-state index in [0.29, 0.717) is 25.7 Å². The minimum absolute atomic E-state index is 0.0201. The van der Waals surface area contributed by atoms with Crippen LogP contribution >= 0.6 is 7.82 Å². The zero-order valence-corrected chi connectivity index (χ0v) is 46.9. The van der Waals surface area contributed by atoms with Crippen LogP contribution in [0.15, 0.2) is 134 Å². The van der Waals surface area contributed by atoms with Gasteiger partial charge < -0.3 is 24.2 Å². The average Bonchev–Trinajstić information content (AvgIpc) is 3.39. The molecule has 0 rings (SSSR count). The van der Waals surface area contributed by atoms with Crippen LogP contribution in [-0.4, -0.2) is 66.5 Å². The summed E-state index contributed by atoms with van der Waals surface area (Å²) in [5.74, 6) is -1.69. The molecule has 0 amide bonds. The van der Waals surface area contributed by atoms with Crippen LogP contribution in [0.5, 0.6) is 0 Å². The lowest BCUT2D eigenvalue weighted by atomic mass is 10.1. The summed E-state index contributed by atoms with van der Waals surface area (Å²) >= 11 is 0. The van der Waals surface area contributed by atoms with Gasteiger partial charge in [-0.3, -0.25) is 23.4 Å². The number of carbonyl (C=O) groups is 3. The number of unbranched alkanes of at least 4 members (excludes halogenated alkanes) is 11. The second-order valence-corrected chi connectivity index (χ2v) is 19.4. The molecule has 0 aromatic heterocycles. The normalized spacial score (nSPS) is 14.4. The van der Waals surface area contributed by atoms with Crippen LogP contribution in [0.25, 0.3) is 0 Å². The molecule has 0 aromatic rings. The third kappa shape index (κ3) is 52.5. The number of allylic oxidation sites excluding steroid dienone is 22. The summed E-state index contributed by atoms with van der Waals surface area (Å²) in [4.78, 5) is 48.4. The van der Waals surface area contributed by atoms with E-state index in [1.54, 1.807) is 0 Å². The largest absolute Gasteiger partial charge is 0.472 e. The summed E-state index contributed by atoms with van der Waals surface area (Å²) in [5.41, 5.74) is 0. The van der Waals surface area contributed by atoms with Gasteiger partial charge in [0.25, 0.3) is 0 Å². The van der Waals surface area contributed by atoms with Crippen molar-refractivity contribution in [3.05, 3.63) is 134 Å². The smallest absolute Gasteiger partial charge is 0.462 e. The number of ether oxygens (including phenoxy) is 3. The van der Waals surface area contributed by atoms with E-state index in [9.17, 15) is 28.9 Å². The van der Waals surface area contributed by atoms with Crippen LogP contribution < -0.4 is 0 Å². The first-order valence-electron chi connectivity index (χ1n) is 28.1. The van der Waals surface area contributed by atoms with E-state index in [-0.39, 0.29) is 19.3 Å². The first-order valence-corrected chi connectivity index (χ1v) is 29.6. The monoisotopic (exact) mass is 1050 g/mol. The van der Waals surface area contributed by atoms with Crippen LogP contribution in [0.2, 0.25) is 0 Å². The Bertz CT molecular complexity index is 1750. The Labute approximate surface area is 449 Å². The molecule has 418 valence electrons. The van der Waals surface area contributed by atoms with Crippen LogP contribution in [0, 0.1) is 0 Å². The van der Waals surface area contributed by atoms with Crippen molar-refractivity contribution in [3.8, 4) is 0 Å². The number of aliphatic hydroxyl groups is 1. The first kappa shape index (κ1) is 69.6. The highest BCUT2D eigenvalue weighted by molar-refractivity contribution is 7.47. The van der Waals surface area contributed by atoms with Crippen LogP contribution in [0.4, 0.5) is 0 Å². The van der Waals surface area contributed by atoms with Crippen LogP contribution in [0.3, 0.4) is 0 Å². The Balaban J connectivity index is 4.92. The number of aliphatic hydroxyl groups excluding tert-OH is 1. The quantitative estimate of drug-likeness (QED) is 0.0197. The van der Waals surface area contributed by atoms with Gasteiger partial charge in [0.1, 0.15) is 12.7 Å². The molecule has 3 unspecified atom stereocenters. The molecular weight excluding hydrogens is 952 g/mol. The molecular formula is C62H99O11P. The molecule has 11 nitrogen and oxygen atoms in total. The minimum atomic E-state index is -4.79. The number of phosphoric ester groups is 1. The lowest BCUT2D eigenvalue weighted by Gasteiger charge is -2.21. The summed E-state index contributed by atoms with van der Waals surface area (Å²) in [6, 6.07) is 0. The number of rotatable bonds is 50. The van der Waals surface area contributed by atoms with Gasteiger partial charge >= 0.3 is 25.7 Å². The molecule has 0 heterocycles. The molecule has 0 saturated carbocycles. The Morgan fingerprint density at radius 3 is 1.16 bits per heavy atom. The van der Waals surface area contributed by atoms with Gasteiger partial charge in [0.15, 0.2) is 6.10 Å². The van der Waals surface area contributed by atoms with E-state index in [1.165, 1.54) is 38.5 Å². The first-order chi connectivity index (χ1) is 36.2. The van der Waals surface area contributed by atoms with Crippen LogP contribution in [0.1, 0.15) is 201 Å². The fraction of sp³-hybridized carbons (Fsp3) is 0.597. The van der Waals surface area contributed by atoms with Crippen molar-refractivity contribution < 1.29 is 52.2 Å². The predicted octanol–water partition coefficient (Wildman–Crippen LogP) is 16.6. The lowest BCUT2D eigenvalue weighted by molar-refractivity contribution is -0.161. The molecule has 74 heavy (non-hydrogen) atoms. The number of esters is 3. The zero-order valence-electron chi connectivity index (χ0n) is 46.0. The standard InChI is InChI=1S/C62H99O11P/c1-4-7-10-13-16-19-22-25-27-28-29-30-32-35-38-41-44-47-50-53-62(66)73-59(55-69-60(64)51-48-45-42-39-36-33-24-21-18-15-12-9-6-3)57-71-74(67,68)70-56-58(54-63)72-61(65)52-49-46-43-40-37-34-31-26-23-20-17-14-11-8-5-2/h7,9-10,12,16,18-19,21,25-27,29-31,33,35-36,38,42,44-45,47,58-59,63H,4-6,8,11,13-15,17,20,22-24,28,32,34,37,39-41,43,46,48-57H2,1-3H3,(H,67,68)/b10-7-,12-9-,19-16-,21-18-,27-25-,30-29-,31-26-,36-33-,38-35-,45-42-,47-44-. The lowest BCUT2D eigenvalue weighted by Crippen LogP contribution is -2.30. The Morgan fingerprint density at radius 2 is 0.730 bits per heavy atom. The van der Waals surface area contributed by atoms with E-state index in [1.807, 2.05) is 24.3 Å². The summed E-state index contributed by atoms with van der Waals surface area (Å²) in [5, 5.41) is 9.80. The second kappa shape index (κ2) is 54.9. The maximum absolute atomic E-state index is 12.9. The zero-order chi connectivity index (χ0) is 54.1. The molecule has 0 aliphatic heterocycles. The Morgan fingerprint density at radius 1 is 0.392 bits per heavy atom. The third-order valence-electron chi connectivity index (χ3n) is 11.1. The van der Waals surface area contributed by atoms with Gasteiger partial charge in [0.2, 0.25) is 0 Å². The topological polar surface area (TPSA) is 155 Å². The molecule has 0 aliphatic carbocycles. The van der Waals surface area contributed by atoms with Crippen molar-refractivity contribution in [1.29, 1.82) is 0 Å². The molecule has 0 fully saturated rings. The molecule has 0 radical (unpaired) electrons. The maximum atomic E-state index is 12.9. The predicted molar refractivity (Wildman–Crippen MR) is 306 cm³/mol. The summed E-state index contributed by atoms with van der Waals surface area (Å²) in [7, 11) is -4.79. The second-order valence-electron chi connectivity index (χ2n) is 18.0. The van der Waals surface area contributed by atoms with E-state index < -0.39 is 64.4 Å². The average molecular weight is 1050 g/mol. The van der Waals surface area contributed by atoms with E-state index >= 15 is 0 Å². The summed E-state index contributed by atoms with van der Waals surface area (Å²) < 4.78 is 39.3. The highest BCUT2D eigenvalue weighted by Gasteiger charge is 2.28. The fourth-order valence-corrected chi connectivity index (χ4v) is 7.64. The van der Waals surface area contributed by atoms with Gasteiger partial charge in [-0.15, -0.1) is 0 Å². The van der Waals surface area contributed by atoms with Crippen molar-refractivity contribution in [1.82, 2.24) is 0 Å². The molecule has 12 heteroatoms. The fourth-order valence-electron chi connectivity index (χ4n) is 6.86. The van der Waals surface area contributed by atoms with Crippen molar-refractivity contribution in [2.45, 2.75) is 213 Å². The minimum Gasteiger partial charge on any atom is -0.462 e. The molecule has 0 saturated heterocycles. The van der Waals surface area contributed by atoms with Crippen molar-refractivity contribution in [2.75, 3.05) is 26.4 Å². The number of carbonyl (C=O) groups excluding carboxylic acids is 3. The van der Waals surface area contributed by atoms with Gasteiger partial charge in [-0.25, -0.2) is 4.57 Å². The molecule has 3 atom stereocenters. The van der Waals surface area contributed by atoms with Gasteiger partial charge in [-0.1, -0.05) is 206 Å². The maximum Gasteiger partial charge on any atom is 0.472 e. The third-order valence-corrected chi connectivity index (χ3v) is 12.0. The Kier molecular flexibility index (Phi) is 51.6. The van der Waals surface area contributed by atoms with Gasteiger partial charge in [0, 0.05) is 19.3 Å². The molecule has 2 N–H and O–H groups in total. The summed E-state index contributed by atoms with van der Waals surface area (Å²) in [6.07, 6.45) is 68.8. The van der Waals surface area contributed by atoms with E-state index in [4.69, 9.17) is 23.3 Å². The Hall–Kier alpha value is -4.38. The SMILES string of the molecule is CC/C=C\C/C=C\C/C=C\C/C=C\C/C=C\C/C=C\CCC(=O)OC(COC(=O)CC/C=C\C/C=C\C/C=C\C/C=C\CC)COP(=O)(O)OCC(CO)OC(=O)CCCCCCC/C=C\CCCCCCCC. The van der Waals surface area contributed by atoms with Crippen molar-refractivity contribution in [3.63, 3.8) is 0 Å².